The molecule has 0 saturated carbocycles. The van der Waals surface area contributed by atoms with Crippen LogP contribution in [0.4, 0.5) is 0 Å². The molecule has 0 radical (unpaired) electrons. The van der Waals surface area contributed by atoms with E-state index >= 15 is 0 Å². The number of fused-ring (bicyclic) bond motifs is 1. The van der Waals surface area contributed by atoms with Crippen molar-refractivity contribution < 1.29 is 0 Å². The first-order valence-electron chi connectivity index (χ1n) is 3.58. The maximum absolute atomic E-state index is 5.74. The van der Waals surface area contributed by atoms with Gasteiger partial charge in [-0.2, -0.15) is 0 Å². The van der Waals surface area contributed by atoms with Crippen LogP contribution in [0.2, 0.25) is 5.15 Å². The van der Waals surface area contributed by atoms with Crippen molar-refractivity contribution in [1.29, 1.82) is 0 Å². The van der Waals surface area contributed by atoms with Gasteiger partial charge in [-0.1, -0.05) is 17.7 Å². The molecule has 1 aromatic heterocycles. The van der Waals surface area contributed by atoms with Crippen LogP contribution in [0.3, 0.4) is 0 Å². The minimum Gasteiger partial charge on any atom is -0.296 e. The van der Waals surface area contributed by atoms with Crippen LogP contribution in [0.15, 0.2) is 12.1 Å². The largest absolute Gasteiger partial charge is 0.296 e. The summed E-state index contributed by atoms with van der Waals surface area (Å²) in [5.74, 6) is 0. The van der Waals surface area contributed by atoms with Gasteiger partial charge in [0, 0.05) is 13.1 Å². The Balaban J connectivity index is 0.000000720. The fraction of sp³-hybridized carbons (Fsp3) is 0.375. The Kier molecular flexibility index (Phi) is 2.94. The molecule has 0 amide bonds. The molecule has 0 aromatic carbocycles. The minimum atomic E-state index is 0. The summed E-state index contributed by atoms with van der Waals surface area (Å²) in [6.45, 7) is 1.93. The van der Waals surface area contributed by atoms with Crippen LogP contribution in [0.5, 0.6) is 0 Å². The third-order valence-electron chi connectivity index (χ3n) is 1.89. The van der Waals surface area contributed by atoms with E-state index in [0.717, 1.165) is 18.8 Å². The standard InChI is InChI=1S/C8H9ClN2.ClH/c1-11-4-6-2-3-8(9)10-7(6)5-11;/h2-3H,4-5H2,1H3;1H. The van der Waals surface area contributed by atoms with Crippen LogP contribution in [0.25, 0.3) is 0 Å². The van der Waals surface area contributed by atoms with Gasteiger partial charge < -0.3 is 0 Å². The third kappa shape index (κ3) is 1.71. The number of hydrogen-bond donors (Lipinski definition) is 0. The first-order chi connectivity index (χ1) is 5.25. The van der Waals surface area contributed by atoms with Crippen molar-refractivity contribution in [3.05, 3.63) is 28.5 Å². The van der Waals surface area contributed by atoms with Crippen LogP contribution >= 0.6 is 24.0 Å². The molecule has 2 nitrogen and oxygen atoms in total. The molecule has 0 unspecified atom stereocenters. The summed E-state index contributed by atoms with van der Waals surface area (Å²) < 4.78 is 0. The summed E-state index contributed by atoms with van der Waals surface area (Å²) in [6, 6.07) is 3.90. The minimum absolute atomic E-state index is 0. The average Bonchev–Trinajstić information content (AvgIpc) is 2.27. The fourth-order valence-electron chi connectivity index (χ4n) is 1.39. The zero-order chi connectivity index (χ0) is 7.84. The summed E-state index contributed by atoms with van der Waals surface area (Å²) >= 11 is 5.74. The number of nitrogens with zero attached hydrogens (tertiary/aromatic N) is 2. The molecule has 0 N–H and O–H groups in total. The zero-order valence-corrected chi connectivity index (χ0v) is 8.32. The molecule has 0 bridgehead atoms. The molecule has 0 saturated heterocycles. The number of aromatic nitrogens is 1. The third-order valence-corrected chi connectivity index (χ3v) is 2.10. The predicted molar refractivity (Wildman–Crippen MR) is 51.7 cm³/mol. The van der Waals surface area contributed by atoms with E-state index in [1.165, 1.54) is 5.56 Å². The topological polar surface area (TPSA) is 16.1 Å². The first kappa shape index (κ1) is 9.78. The first-order valence-corrected chi connectivity index (χ1v) is 3.96. The highest BCUT2D eigenvalue weighted by atomic mass is 35.5. The van der Waals surface area contributed by atoms with E-state index in [2.05, 4.69) is 16.9 Å². The van der Waals surface area contributed by atoms with Gasteiger partial charge in [0.05, 0.1) is 5.69 Å². The van der Waals surface area contributed by atoms with Gasteiger partial charge in [-0.25, -0.2) is 4.98 Å². The molecule has 12 heavy (non-hydrogen) atoms. The van der Waals surface area contributed by atoms with Crippen LogP contribution in [0, 0.1) is 0 Å². The maximum Gasteiger partial charge on any atom is 0.129 e. The lowest BCUT2D eigenvalue weighted by Crippen LogP contribution is -2.07. The van der Waals surface area contributed by atoms with Crippen molar-refractivity contribution in [3.8, 4) is 0 Å². The van der Waals surface area contributed by atoms with Crippen molar-refractivity contribution in [2.24, 2.45) is 0 Å². The van der Waals surface area contributed by atoms with E-state index in [-0.39, 0.29) is 12.4 Å². The highest BCUT2D eigenvalue weighted by Gasteiger charge is 2.16. The molecule has 1 aliphatic heterocycles. The van der Waals surface area contributed by atoms with Gasteiger partial charge in [-0.05, 0) is 18.7 Å². The van der Waals surface area contributed by atoms with Crippen LogP contribution < -0.4 is 0 Å². The quantitative estimate of drug-likeness (QED) is 0.603. The molecular formula is C8H10Cl2N2. The van der Waals surface area contributed by atoms with E-state index in [1.807, 2.05) is 12.1 Å². The summed E-state index contributed by atoms with van der Waals surface area (Å²) in [5, 5.41) is 0.596. The van der Waals surface area contributed by atoms with Gasteiger partial charge in [-0.15, -0.1) is 12.4 Å². The van der Waals surface area contributed by atoms with Gasteiger partial charge in [-0.3, -0.25) is 4.90 Å². The maximum atomic E-state index is 5.74. The van der Waals surface area contributed by atoms with Crippen molar-refractivity contribution in [2.75, 3.05) is 7.05 Å². The number of pyridine rings is 1. The number of rotatable bonds is 0. The van der Waals surface area contributed by atoms with E-state index in [4.69, 9.17) is 11.6 Å². The SMILES string of the molecule is CN1Cc2ccc(Cl)nc2C1.Cl. The Morgan fingerprint density at radius 3 is 2.92 bits per heavy atom. The smallest absolute Gasteiger partial charge is 0.129 e. The van der Waals surface area contributed by atoms with Crippen molar-refractivity contribution in [1.82, 2.24) is 9.88 Å². The number of hydrogen-bond acceptors (Lipinski definition) is 2. The number of halogens is 2. The highest BCUT2D eigenvalue weighted by Crippen LogP contribution is 2.20. The molecule has 66 valence electrons. The molecule has 0 atom stereocenters. The van der Waals surface area contributed by atoms with E-state index in [9.17, 15) is 0 Å². The Bertz CT molecular complexity index is 288. The Morgan fingerprint density at radius 1 is 1.42 bits per heavy atom. The van der Waals surface area contributed by atoms with Gasteiger partial charge in [0.25, 0.3) is 0 Å². The molecule has 2 heterocycles. The molecule has 1 aromatic rings. The summed E-state index contributed by atoms with van der Waals surface area (Å²) in [5.41, 5.74) is 2.43. The lowest BCUT2D eigenvalue weighted by molar-refractivity contribution is 0.351. The van der Waals surface area contributed by atoms with Gasteiger partial charge >= 0.3 is 0 Å². The van der Waals surface area contributed by atoms with Crippen molar-refractivity contribution in [2.45, 2.75) is 13.1 Å². The van der Waals surface area contributed by atoms with E-state index in [0.29, 0.717) is 5.15 Å². The summed E-state index contributed by atoms with van der Waals surface area (Å²) in [6.07, 6.45) is 0. The van der Waals surface area contributed by atoms with E-state index < -0.39 is 0 Å². The summed E-state index contributed by atoms with van der Waals surface area (Å²) in [7, 11) is 2.08. The van der Waals surface area contributed by atoms with Crippen molar-refractivity contribution >= 4 is 24.0 Å². The second kappa shape index (κ2) is 3.60. The predicted octanol–water partition coefficient (Wildman–Crippen LogP) is 2.10. The Hall–Kier alpha value is -0.310. The fourth-order valence-corrected chi connectivity index (χ4v) is 1.55. The van der Waals surface area contributed by atoms with Crippen LogP contribution in [-0.2, 0) is 13.1 Å². The van der Waals surface area contributed by atoms with Crippen molar-refractivity contribution in [3.63, 3.8) is 0 Å². The lowest BCUT2D eigenvalue weighted by Gasteiger charge is -2.01. The van der Waals surface area contributed by atoms with Gasteiger partial charge in [0.2, 0.25) is 0 Å². The van der Waals surface area contributed by atoms with Crippen LogP contribution in [0.1, 0.15) is 11.3 Å². The summed E-state index contributed by atoms with van der Waals surface area (Å²) in [4.78, 5) is 6.44. The molecule has 4 heteroatoms. The highest BCUT2D eigenvalue weighted by molar-refractivity contribution is 6.29. The van der Waals surface area contributed by atoms with Gasteiger partial charge in [0.15, 0.2) is 0 Å². The second-order valence-corrected chi connectivity index (χ2v) is 3.30. The van der Waals surface area contributed by atoms with Crippen LogP contribution in [-0.4, -0.2) is 16.9 Å². The molecule has 2 rings (SSSR count). The lowest BCUT2D eigenvalue weighted by atomic mass is 10.2. The van der Waals surface area contributed by atoms with E-state index in [1.54, 1.807) is 0 Å². The molecular weight excluding hydrogens is 195 g/mol. The molecule has 1 aliphatic rings. The Labute approximate surface area is 83.0 Å². The molecule has 0 fully saturated rings. The molecule has 0 spiro atoms. The van der Waals surface area contributed by atoms with Gasteiger partial charge in [0.1, 0.15) is 5.15 Å². The zero-order valence-electron chi connectivity index (χ0n) is 6.75. The molecule has 0 aliphatic carbocycles. The monoisotopic (exact) mass is 204 g/mol. The normalized spacial score (nSPS) is 15.5. The Morgan fingerprint density at radius 2 is 2.17 bits per heavy atom. The average molecular weight is 205 g/mol. The second-order valence-electron chi connectivity index (χ2n) is 2.91.